The normalized spacial score (nSPS) is 23.4. The zero-order chi connectivity index (χ0) is 20.8. The number of aromatic nitrogens is 2. The van der Waals surface area contributed by atoms with Gasteiger partial charge in [0, 0.05) is 58.2 Å². The Balaban J connectivity index is 1.34. The highest BCUT2D eigenvalue weighted by molar-refractivity contribution is 5.86. The number of hydrogen-bond acceptors (Lipinski definition) is 6. The zero-order valence-corrected chi connectivity index (χ0v) is 17.5. The molecule has 0 spiro atoms. The summed E-state index contributed by atoms with van der Waals surface area (Å²) in [5.41, 5.74) is -0.0666. The minimum absolute atomic E-state index is 0.114. The van der Waals surface area contributed by atoms with Gasteiger partial charge in [-0.15, -0.1) is 0 Å². The molecule has 4 rings (SSSR count). The second-order valence-electron chi connectivity index (χ2n) is 8.33. The summed E-state index contributed by atoms with van der Waals surface area (Å²) < 4.78 is 0. The molecule has 2 saturated heterocycles. The maximum atomic E-state index is 13.1. The zero-order valence-electron chi connectivity index (χ0n) is 17.5. The first-order valence-electron chi connectivity index (χ1n) is 10.9. The van der Waals surface area contributed by atoms with Crippen molar-refractivity contribution in [3.05, 3.63) is 54.4 Å². The molecular weight excluding hydrogens is 378 g/mol. The van der Waals surface area contributed by atoms with Crippen molar-refractivity contribution in [1.29, 1.82) is 0 Å². The Kier molecular flexibility index (Phi) is 6.59. The van der Waals surface area contributed by atoms with E-state index in [1.54, 1.807) is 12.4 Å². The van der Waals surface area contributed by atoms with Gasteiger partial charge in [0.15, 0.2) is 5.60 Å². The van der Waals surface area contributed by atoms with Crippen LogP contribution in [-0.2, 0) is 11.2 Å². The molecule has 1 N–H and O–H groups in total. The van der Waals surface area contributed by atoms with Crippen LogP contribution in [0.15, 0.2) is 48.8 Å². The average molecular weight is 410 g/mol. The molecule has 2 aliphatic heterocycles. The second kappa shape index (κ2) is 9.53. The summed E-state index contributed by atoms with van der Waals surface area (Å²) >= 11 is 0. The molecule has 1 aromatic heterocycles. The molecular formula is C23H31N5O2. The van der Waals surface area contributed by atoms with Crippen LogP contribution in [0.2, 0.25) is 0 Å². The molecule has 1 unspecified atom stereocenters. The molecule has 7 nitrogen and oxygen atoms in total. The highest BCUT2D eigenvalue weighted by Gasteiger charge is 2.43. The molecule has 7 heteroatoms. The number of carbonyl (C=O) groups is 1. The summed E-state index contributed by atoms with van der Waals surface area (Å²) in [6.45, 7) is 5.12. The van der Waals surface area contributed by atoms with Crippen molar-refractivity contribution < 1.29 is 9.90 Å². The Hall–Kier alpha value is -2.51. The van der Waals surface area contributed by atoms with E-state index in [9.17, 15) is 9.90 Å². The molecule has 0 saturated carbocycles. The lowest BCUT2D eigenvalue weighted by Crippen LogP contribution is -2.59. The number of benzene rings is 1. The van der Waals surface area contributed by atoms with Gasteiger partial charge in [0.25, 0.3) is 5.91 Å². The average Bonchev–Trinajstić information content (AvgIpc) is 3.02. The third-order valence-electron chi connectivity index (χ3n) is 6.13. The number of piperidine rings is 1. The van der Waals surface area contributed by atoms with Crippen molar-refractivity contribution in [2.24, 2.45) is 0 Å². The van der Waals surface area contributed by atoms with Crippen molar-refractivity contribution in [1.82, 2.24) is 19.8 Å². The summed E-state index contributed by atoms with van der Waals surface area (Å²) in [7, 11) is 0. The maximum Gasteiger partial charge on any atom is 0.255 e. The van der Waals surface area contributed by atoms with Crippen LogP contribution >= 0.6 is 0 Å². The molecule has 0 aliphatic carbocycles. The smallest absolute Gasteiger partial charge is 0.255 e. The van der Waals surface area contributed by atoms with Gasteiger partial charge in [0.05, 0.1) is 0 Å². The first-order chi connectivity index (χ1) is 14.6. The van der Waals surface area contributed by atoms with Gasteiger partial charge in [-0.3, -0.25) is 9.69 Å². The molecule has 3 heterocycles. The van der Waals surface area contributed by atoms with E-state index in [0.717, 1.165) is 57.9 Å². The van der Waals surface area contributed by atoms with Gasteiger partial charge in [0.2, 0.25) is 5.95 Å². The number of hydrogen-bond donors (Lipinski definition) is 1. The predicted molar refractivity (Wildman–Crippen MR) is 116 cm³/mol. The summed E-state index contributed by atoms with van der Waals surface area (Å²) in [5, 5.41) is 11.3. The molecule has 1 atom stereocenters. The topological polar surface area (TPSA) is 72.8 Å². The monoisotopic (exact) mass is 409 g/mol. The molecule has 2 fully saturated rings. The number of β-amino-alcohol motifs (C(OH)–C–C–N with tert-alkyl or cyclic N) is 1. The van der Waals surface area contributed by atoms with E-state index in [4.69, 9.17) is 0 Å². The maximum absolute atomic E-state index is 13.1. The third-order valence-corrected chi connectivity index (χ3v) is 6.13. The SMILES string of the molecule is O=C1N(CCc2ccccc2)CCCC1(O)CN1CCCN(c2ncccn2)CC1. The Labute approximate surface area is 178 Å². The largest absolute Gasteiger partial charge is 0.379 e. The molecule has 1 amide bonds. The first kappa shape index (κ1) is 20.8. The number of aliphatic hydroxyl groups is 1. The number of nitrogens with zero attached hydrogens (tertiary/aromatic N) is 5. The Morgan fingerprint density at radius 1 is 0.933 bits per heavy atom. The number of likely N-dealkylation sites (tertiary alicyclic amines) is 1. The van der Waals surface area contributed by atoms with Crippen molar-refractivity contribution >= 4 is 11.9 Å². The van der Waals surface area contributed by atoms with Crippen LogP contribution in [0.4, 0.5) is 5.95 Å². The molecule has 160 valence electrons. The van der Waals surface area contributed by atoms with Crippen LogP contribution in [0.5, 0.6) is 0 Å². The van der Waals surface area contributed by atoms with Gasteiger partial charge in [-0.25, -0.2) is 9.97 Å². The van der Waals surface area contributed by atoms with Crippen LogP contribution in [-0.4, -0.2) is 82.2 Å². The van der Waals surface area contributed by atoms with E-state index < -0.39 is 5.60 Å². The van der Waals surface area contributed by atoms with E-state index in [1.807, 2.05) is 29.2 Å². The predicted octanol–water partition coefficient (Wildman–Crippen LogP) is 1.58. The second-order valence-corrected chi connectivity index (χ2v) is 8.33. The quantitative estimate of drug-likeness (QED) is 0.781. The number of amides is 1. The number of carbonyl (C=O) groups excluding carboxylic acids is 1. The molecule has 1 aromatic carbocycles. The van der Waals surface area contributed by atoms with Crippen LogP contribution in [0.3, 0.4) is 0 Å². The fraction of sp³-hybridized carbons (Fsp3) is 0.522. The molecule has 30 heavy (non-hydrogen) atoms. The van der Waals surface area contributed by atoms with Crippen molar-refractivity contribution in [3.8, 4) is 0 Å². The van der Waals surface area contributed by atoms with Crippen LogP contribution in [0, 0.1) is 0 Å². The van der Waals surface area contributed by atoms with E-state index >= 15 is 0 Å². The third kappa shape index (κ3) is 4.96. The van der Waals surface area contributed by atoms with Gasteiger partial charge in [-0.05, 0) is 37.3 Å². The highest BCUT2D eigenvalue weighted by Crippen LogP contribution is 2.25. The lowest BCUT2D eigenvalue weighted by molar-refractivity contribution is -0.159. The van der Waals surface area contributed by atoms with Gasteiger partial charge in [-0.1, -0.05) is 30.3 Å². The molecule has 0 bridgehead atoms. The molecule has 0 radical (unpaired) electrons. The van der Waals surface area contributed by atoms with Crippen molar-refractivity contribution in [3.63, 3.8) is 0 Å². The fourth-order valence-corrected chi connectivity index (χ4v) is 4.49. The summed E-state index contributed by atoms with van der Waals surface area (Å²) in [5.74, 6) is 0.635. The lowest BCUT2D eigenvalue weighted by Gasteiger charge is -2.40. The number of rotatable bonds is 6. The lowest BCUT2D eigenvalue weighted by atomic mass is 9.90. The first-order valence-corrected chi connectivity index (χ1v) is 10.9. The van der Waals surface area contributed by atoms with E-state index in [0.29, 0.717) is 19.5 Å². The molecule has 2 aliphatic rings. The van der Waals surface area contributed by atoms with E-state index in [2.05, 4.69) is 31.9 Å². The fourth-order valence-electron chi connectivity index (χ4n) is 4.49. The van der Waals surface area contributed by atoms with Crippen molar-refractivity contribution in [2.45, 2.75) is 31.3 Å². The summed E-state index contributed by atoms with van der Waals surface area (Å²) in [6, 6.07) is 12.0. The van der Waals surface area contributed by atoms with Crippen molar-refractivity contribution in [2.75, 3.05) is 50.7 Å². The summed E-state index contributed by atoms with van der Waals surface area (Å²) in [4.78, 5) is 28.1. The highest BCUT2D eigenvalue weighted by atomic mass is 16.3. The van der Waals surface area contributed by atoms with Gasteiger partial charge < -0.3 is 14.9 Å². The van der Waals surface area contributed by atoms with Gasteiger partial charge >= 0.3 is 0 Å². The van der Waals surface area contributed by atoms with Crippen LogP contribution < -0.4 is 4.90 Å². The standard InChI is InChI=1S/C23H31N5O2/c29-21-23(30,10-4-14-27(21)16-9-20-7-2-1-3-8-20)19-26-13-6-15-28(18-17-26)22-24-11-5-12-25-22/h1-3,5,7-8,11-12,30H,4,6,9-10,13-19H2. The van der Waals surface area contributed by atoms with E-state index in [-0.39, 0.29) is 5.91 Å². The van der Waals surface area contributed by atoms with Gasteiger partial charge in [-0.2, -0.15) is 0 Å². The van der Waals surface area contributed by atoms with Crippen LogP contribution in [0.25, 0.3) is 0 Å². The number of anilines is 1. The van der Waals surface area contributed by atoms with Gasteiger partial charge in [0.1, 0.15) is 0 Å². The summed E-state index contributed by atoms with van der Waals surface area (Å²) in [6.07, 6.45) is 6.68. The Morgan fingerprint density at radius 3 is 2.53 bits per heavy atom. The minimum Gasteiger partial charge on any atom is -0.379 e. The minimum atomic E-state index is -1.28. The Bertz CT molecular complexity index is 819. The molecule has 2 aromatic rings. The van der Waals surface area contributed by atoms with E-state index in [1.165, 1.54) is 5.56 Å². The van der Waals surface area contributed by atoms with Crippen LogP contribution in [0.1, 0.15) is 24.8 Å². The Morgan fingerprint density at radius 2 is 1.73 bits per heavy atom.